The van der Waals surface area contributed by atoms with Crippen LogP contribution in [0.2, 0.25) is 0 Å². The van der Waals surface area contributed by atoms with Gasteiger partial charge in [-0.2, -0.15) is 0 Å². The standard InChI is InChI=1S/C23H27N3O2S/c1-4-28-21-11-7-18(8-12-21)14-26(3)15-20-16-29-23(25-20)13-22(27)24-19-9-5-17(2)6-10-19/h5-12,16H,4,13-15H2,1-3H3,(H,24,27)/p+1. The maximum atomic E-state index is 12.3. The van der Waals surface area contributed by atoms with Crippen molar-refractivity contribution in [2.75, 3.05) is 19.0 Å². The van der Waals surface area contributed by atoms with E-state index in [9.17, 15) is 4.79 Å². The second kappa shape index (κ2) is 10.2. The summed E-state index contributed by atoms with van der Waals surface area (Å²) < 4.78 is 5.49. The third-order valence-electron chi connectivity index (χ3n) is 4.47. The number of amides is 1. The van der Waals surface area contributed by atoms with Gasteiger partial charge in [0.25, 0.3) is 0 Å². The summed E-state index contributed by atoms with van der Waals surface area (Å²) in [5, 5.41) is 5.82. The van der Waals surface area contributed by atoms with E-state index >= 15 is 0 Å². The van der Waals surface area contributed by atoms with E-state index in [1.54, 1.807) is 11.3 Å². The number of carbonyl (C=O) groups excluding carboxylic acids is 1. The molecule has 3 rings (SSSR count). The van der Waals surface area contributed by atoms with Gasteiger partial charge in [-0.25, -0.2) is 4.98 Å². The van der Waals surface area contributed by atoms with Crippen LogP contribution in [0.3, 0.4) is 0 Å². The molecule has 29 heavy (non-hydrogen) atoms. The van der Waals surface area contributed by atoms with Crippen LogP contribution in [0.1, 0.15) is 28.8 Å². The first-order valence-corrected chi connectivity index (χ1v) is 10.7. The third kappa shape index (κ3) is 6.69. The van der Waals surface area contributed by atoms with E-state index in [2.05, 4.69) is 34.9 Å². The van der Waals surface area contributed by atoms with Crippen molar-refractivity contribution in [1.82, 2.24) is 4.98 Å². The lowest BCUT2D eigenvalue weighted by molar-refractivity contribution is -0.908. The summed E-state index contributed by atoms with van der Waals surface area (Å²) in [7, 11) is 2.15. The molecule has 3 aromatic rings. The van der Waals surface area contributed by atoms with Crippen LogP contribution in [0, 0.1) is 6.92 Å². The molecule has 6 heteroatoms. The van der Waals surface area contributed by atoms with E-state index in [1.165, 1.54) is 16.0 Å². The highest BCUT2D eigenvalue weighted by atomic mass is 32.1. The summed E-state index contributed by atoms with van der Waals surface area (Å²) in [6.45, 7) is 6.42. The quantitative estimate of drug-likeness (QED) is 0.569. The lowest BCUT2D eigenvalue weighted by Gasteiger charge is -2.13. The maximum Gasteiger partial charge on any atom is 0.231 e. The van der Waals surface area contributed by atoms with Crippen LogP contribution in [-0.4, -0.2) is 24.5 Å². The van der Waals surface area contributed by atoms with Crippen molar-refractivity contribution in [2.45, 2.75) is 33.4 Å². The second-order valence-corrected chi connectivity index (χ2v) is 8.15. The number of benzene rings is 2. The molecule has 0 saturated carbocycles. The van der Waals surface area contributed by atoms with Crippen LogP contribution in [0.15, 0.2) is 53.9 Å². The summed E-state index contributed by atoms with van der Waals surface area (Å²) in [5.74, 6) is 0.867. The molecule has 2 N–H and O–H groups in total. The van der Waals surface area contributed by atoms with Gasteiger partial charge in [-0.3, -0.25) is 4.79 Å². The number of ether oxygens (including phenoxy) is 1. The average Bonchev–Trinajstić information content (AvgIpc) is 3.12. The van der Waals surface area contributed by atoms with E-state index in [4.69, 9.17) is 4.74 Å². The van der Waals surface area contributed by atoms with Gasteiger partial charge < -0.3 is 15.0 Å². The molecule has 1 unspecified atom stereocenters. The molecule has 0 bridgehead atoms. The molecule has 5 nitrogen and oxygen atoms in total. The molecule has 0 fully saturated rings. The number of hydrogen-bond acceptors (Lipinski definition) is 4. The van der Waals surface area contributed by atoms with Gasteiger partial charge in [0.2, 0.25) is 5.91 Å². The first-order valence-electron chi connectivity index (χ1n) is 9.84. The summed E-state index contributed by atoms with van der Waals surface area (Å²) in [5.41, 5.74) is 4.27. The molecule has 0 radical (unpaired) electrons. The van der Waals surface area contributed by atoms with Crippen LogP contribution >= 0.6 is 11.3 Å². The van der Waals surface area contributed by atoms with Crippen LogP contribution in [-0.2, 0) is 24.3 Å². The molecular formula is C23H28N3O2S+. The van der Waals surface area contributed by atoms with E-state index < -0.39 is 0 Å². The van der Waals surface area contributed by atoms with Gasteiger partial charge >= 0.3 is 0 Å². The van der Waals surface area contributed by atoms with Gasteiger partial charge in [-0.15, -0.1) is 11.3 Å². The minimum absolute atomic E-state index is 0.0372. The first kappa shape index (κ1) is 21.0. The molecule has 0 aliphatic carbocycles. The molecule has 1 atom stereocenters. The molecule has 1 aromatic heterocycles. The number of hydrogen-bond donors (Lipinski definition) is 2. The van der Waals surface area contributed by atoms with Crippen molar-refractivity contribution >= 4 is 22.9 Å². The Labute approximate surface area is 176 Å². The number of thiazole rings is 1. The van der Waals surface area contributed by atoms with Gasteiger partial charge in [0.15, 0.2) is 0 Å². The molecule has 0 aliphatic heterocycles. The van der Waals surface area contributed by atoms with E-state index in [0.29, 0.717) is 13.0 Å². The fourth-order valence-corrected chi connectivity index (χ4v) is 3.87. The Morgan fingerprint density at radius 1 is 1.10 bits per heavy atom. The third-order valence-corrected chi connectivity index (χ3v) is 5.37. The number of anilines is 1. The summed E-state index contributed by atoms with van der Waals surface area (Å²) in [6, 6.07) is 16.0. The SMILES string of the molecule is CCOc1ccc(C[NH+](C)Cc2csc(CC(=O)Nc3ccc(C)cc3)n2)cc1. The highest BCUT2D eigenvalue weighted by Crippen LogP contribution is 2.14. The molecule has 152 valence electrons. The lowest BCUT2D eigenvalue weighted by atomic mass is 10.2. The Morgan fingerprint density at radius 3 is 2.52 bits per heavy atom. The van der Waals surface area contributed by atoms with Gasteiger partial charge in [0.05, 0.1) is 20.1 Å². The number of quaternary nitrogens is 1. The highest BCUT2D eigenvalue weighted by Gasteiger charge is 2.12. The lowest BCUT2D eigenvalue weighted by Crippen LogP contribution is -3.06. The molecule has 0 spiro atoms. The topological polar surface area (TPSA) is 55.7 Å². The molecule has 0 saturated heterocycles. The predicted molar refractivity (Wildman–Crippen MR) is 118 cm³/mol. The second-order valence-electron chi connectivity index (χ2n) is 7.21. The van der Waals surface area contributed by atoms with E-state index in [0.717, 1.165) is 35.2 Å². The van der Waals surface area contributed by atoms with Crippen molar-refractivity contribution in [3.63, 3.8) is 0 Å². The zero-order valence-corrected chi connectivity index (χ0v) is 18.0. The predicted octanol–water partition coefficient (Wildman–Crippen LogP) is 3.25. The monoisotopic (exact) mass is 410 g/mol. The van der Waals surface area contributed by atoms with Crippen molar-refractivity contribution in [3.8, 4) is 5.75 Å². The van der Waals surface area contributed by atoms with Crippen molar-refractivity contribution < 1.29 is 14.4 Å². The summed E-state index contributed by atoms with van der Waals surface area (Å²) >= 11 is 1.54. The molecule has 2 aromatic carbocycles. The molecule has 1 heterocycles. The zero-order chi connectivity index (χ0) is 20.6. The van der Waals surface area contributed by atoms with Crippen LogP contribution < -0.4 is 15.0 Å². The Bertz CT molecular complexity index is 920. The smallest absolute Gasteiger partial charge is 0.231 e. The zero-order valence-electron chi connectivity index (χ0n) is 17.2. The van der Waals surface area contributed by atoms with Gasteiger partial charge in [0, 0.05) is 16.6 Å². The Balaban J connectivity index is 1.48. The minimum atomic E-state index is -0.0372. The van der Waals surface area contributed by atoms with Gasteiger partial charge in [-0.1, -0.05) is 17.7 Å². The van der Waals surface area contributed by atoms with E-state index in [-0.39, 0.29) is 5.91 Å². The Morgan fingerprint density at radius 2 is 1.83 bits per heavy atom. The first-order chi connectivity index (χ1) is 14.0. The summed E-state index contributed by atoms with van der Waals surface area (Å²) in [4.78, 5) is 18.2. The van der Waals surface area contributed by atoms with Gasteiger partial charge in [0.1, 0.15) is 29.5 Å². The number of nitrogens with zero attached hydrogens (tertiary/aromatic N) is 1. The van der Waals surface area contributed by atoms with E-state index in [1.807, 2.05) is 50.2 Å². The Kier molecular flexibility index (Phi) is 7.38. The van der Waals surface area contributed by atoms with Crippen molar-refractivity contribution in [2.24, 2.45) is 0 Å². The molecule has 1 amide bonds. The fraction of sp³-hybridized carbons (Fsp3) is 0.304. The van der Waals surface area contributed by atoms with Crippen LogP contribution in [0.4, 0.5) is 5.69 Å². The van der Waals surface area contributed by atoms with Crippen LogP contribution in [0.25, 0.3) is 0 Å². The fourth-order valence-electron chi connectivity index (χ4n) is 3.08. The number of aromatic nitrogens is 1. The Hall–Kier alpha value is -2.70. The van der Waals surface area contributed by atoms with Crippen molar-refractivity contribution in [3.05, 3.63) is 75.7 Å². The number of nitrogens with one attached hydrogen (secondary N) is 2. The normalized spacial score (nSPS) is 11.8. The molecule has 0 aliphatic rings. The summed E-state index contributed by atoms with van der Waals surface area (Å²) in [6.07, 6.45) is 0.302. The maximum absolute atomic E-state index is 12.3. The number of carbonyl (C=O) groups is 1. The minimum Gasteiger partial charge on any atom is -0.494 e. The largest absolute Gasteiger partial charge is 0.494 e. The van der Waals surface area contributed by atoms with Gasteiger partial charge in [-0.05, 0) is 50.2 Å². The van der Waals surface area contributed by atoms with Crippen LogP contribution in [0.5, 0.6) is 5.75 Å². The van der Waals surface area contributed by atoms with Crippen molar-refractivity contribution in [1.29, 1.82) is 0 Å². The number of aryl methyl sites for hydroxylation is 1. The molecular weight excluding hydrogens is 382 g/mol. The average molecular weight is 411 g/mol. The number of rotatable bonds is 9. The highest BCUT2D eigenvalue weighted by molar-refractivity contribution is 7.09.